The maximum absolute atomic E-state index is 13.7. The van der Waals surface area contributed by atoms with Crippen molar-refractivity contribution in [1.29, 1.82) is 0 Å². The molecule has 2 heterocycles. The molecule has 2 N–H and O–H groups in total. The summed E-state index contributed by atoms with van der Waals surface area (Å²) in [6.45, 7) is 5.30. The van der Waals surface area contributed by atoms with Crippen LogP contribution in [0.15, 0.2) is 54.9 Å². The van der Waals surface area contributed by atoms with Crippen molar-refractivity contribution in [3.63, 3.8) is 0 Å². The lowest BCUT2D eigenvalue weighted by Gasteiger charge is -2.16. The highest BCUT2D eigenvalue weighted by molar-refractivity contribution is 5.96. The molecule has 0 bridgehead atoms. The molecule has 1 aromatic carbocycles. The molecule has 9 heteroatoms. The number of benzene rings is 1. The molecular formula is C21H22FN5O3. The van der Waals surface area contributed by atoms with E-state index in [9.17, 15) is 14.0 Å². The van der Waals surface area contributed by atoms with Gasteiger partial charge in [-0.1, -0.05) is 32.0 Å². The summed E-state index contributed by atoms with van der Waals surface area (Å²) in [5.74, 6) is -1.25. The van der Waals surface area contributed by atoms with E-state index in [1.54, 1.807) is 29.1 Å². The van der Waals surface area contributed by atoms with Gasteiger partial charge in [-0.3, -0.25) is 20.4 Å². The highest BCUT2D eigenvalue weighted by Crippen LogP contribution is 2.22. The third-order valence-corrected chi connectivity index (χ3v) is 4.27. The van der Waals surface area contributed by atoms with Gasteiger partial charge in [-0.2, -0.15) is 5.10 Å². The van der Waals surface area contributed by atoms with Crippen molar-refractivity contribution >= 4 is 11.8 Å². The third kappa shape index (κ3) is 4.62. The predicted octanol–water partition coefficient (Wildman–Crippen LogP) is 2.76. The number of ether oxygens (including phenoxy) is 1. The Morgan fingerprint density at radius 2 is 1.80 bits per heavy atom. The van der Waals surface area contributed by atoms with E-state index in [0.717, 1.165) is 0 Å². The van der Waals surface area contributed by atoms with Crippen molar-refractivity contribution in [1.82, 2.24) is 25.6 Å². The van der Waals surface area contributed by atoms with E-state index in [4.69, 9.17) is 4.74 Å². The normalized spacial score (nSPS) is 11.8. The fourth-order valence-electron chi connectivity index (χ4n) is 2.82. The molecule has 0 spiro atoms. The lowest BCUT2D eigenvalue weighted by Crippen LogP contribution is -2.47. The molecule has 1 unspecified atom stereocenters. The summed E-state index contributed by atoms with van der Waals surface area (Å²) in [6.07, 6.45) is 2.03. The first kappa shape index (κ1) is 21.0. The van der Waals surface area contributed by atoms with E-state index < -0.39 is 23.7 Å². The van der Waals surface area contributed by atoms with Gasteiger partial charge in [0.2, 0.25) is 0 Å². The molecule has 2 aromatic heterocycles. The standard InChI is InChI=1S/C21H22FN5O3/c1-13(2)19-15(12-24-27(19)18-10-6-7-11-23-18)21(29)26-25-20(28)14(3)30-17-9-5-4-8-16(17)22/h4-14H,1-3H3,(H,25,28)(H,26,29). The van der Waals surface area contributed by atoms with Crippen LogP contribution in [0.3, 0.4) is 0 Å². The fraction of sp³-hybridized carbons (Fsp3) is 0.238. The number of hydrazine groups is 1. The van der Waals surface area contributed by atoms with E-state index in [0.29, 0.717) is 17.1 Å². The molecule has 3 aromatic rings. The summed E-state index contributed by atoms with van der Waals surface area (Å²) in [4.78, 5) is 29.2. The van der Waals surface area contributed by atoms with Gasteiger partial charge in [-0.25, -0.2) is 14.1 Å². The molecule has 0 radical (unpaired) electrons. The Morgan fingerprint density at radius 3 is 2.47 bits per heavy atom. The van der Waals surface area contributed by atoms with Crippen molar-refractivity contribution in [2.75, 3.05) is 0 Å². The van der Waals surface area contributed by atoms with Crippen LogP contribution in [0.1, 0.15) is 42.7 Å². The molecule has 8 nitrogen and oxygen atoms in total. The van der Waals surface area contributed by atoms with Crippen LogP contribution in [-0.4, -0.2) is 32.7 Å². The maximum Gasteiger partial charge on any atom is 0.279 e. The van der Waals surface area contributed by atoms with Crippen molar-refractivity contribution in [2.45, 2.75) is 32.8 Å². The molecule has 1 atom stereocenters. The van der Waals surface area contributed by atoms with E-state index in [-0.39, 0.29) is 11.7 Å². The lowest BCUT2D eigenvalue weighted by molar-refractivity contribution is -0.128. The topological polar surface area (TPSA) is 98.1 Å². The molecule has 0 aliphatic carbocycles. The van der Waals surface area contributed by atoms with Gasteiger partial charge < -0.3 is 4.74 Å². The number of nitrogens with one attached hydrogen (secondary N) is 2. The van der Waals surface area contributed by atoms with E-state index in [1.165, 1.54) is 31.3 Å². The second-order valence-electron chi connectivity index (χ2n) is 6.83. The number of para-hydroxylation sites is 1. The Labute approximate surface area is 173 Å². The number of amides is 2. The summed E-state index contributed by atoms with van der Waals surface area (Å²) >= 11 is 0. The van der Waals surface area contributed by atoms with Crippen LogP contribution in [0.25, 0.3) is 5.82 Å². The quantitative estimate of drug-likeness (QED) is 0.608. The second-order valence-corrected chi connectivity index (χ2v) is 6.83. The van der Waals surface area contributed by atoms with Crippen LogP contribution < -0.4 is 15.6 Å². The molecular weight excluding hydrogens is 389 g/mol. The van der Waals surface area contributed by atoms with Gasteiger partial charge >= 0.3 is 0 Å². The van der Waals surface area contributed by atoms with Gasteiger partial charge in [0.25, 0.3) is 11.8 Å². The number of hydrogen-bond donors (Lipinski definition) is 2. The molecule has 0 saturated carbocycles. The number of halogens is 1. The Morgan fingerprint density at radius 1 is 1.07 bits per heavy atom. The molecule has 0 aliphatic rings. The zero-order chi connectivity index (χ0) is 21.7. The van der Waals surface area contributed by atoms with Crippen molar-refractivity contribution in [3.05, 3.63) is 71.9 Å². The molecule has 156 valence electrons. The smallest absolute Gasteiger partial charge is 0.279 e. The van der Waals surface area contributed by atoms with Crippen LogP contribution in [0, 0.1) is 5.82 Å². The number of carbonyl (C=O) groups is 2. The first-order valence-corrected chi connectivity index (χ1v) is 9.39. The number of carbonyl (C=O) groups excluding carboxylic acids is 2. The number of nitrogens with zero attached hydrogens (tertiary/aromatic N) is 3. The minimum atomic E-state index is -1.02. The summed E-state index contributed by atoms with van der Waals surface area (Å²) in [7, 11) is 0. The van der Waals surface area contributed by atoms with Crippen LogP contribution in [-0.2, 0) is 4.79 Å². The van der Waals surface area contributed by atoms with Gasteiger partial charge in [-0.05, 0) is 37.1 Å². The number of hydrogen-bond acceptors (Lipinski definition) is 5. The molecule has 0 fully saturated rings. The first-order chi connectivity index (χ1) is 14.4. The Bertz CT molecular complexity index is 1040. The maximum atomic E-state index is 13.7. The van der Waals surface area contributed by atoms with Crippen LogP contribution >= 0.6 is 0 Å². The zero-order valence-corrected chi connectivity index (χ0v) is 16.8. The van der Waals surface area contributed by atoms with Gasteiger partial charge in [0.15, 0.2) is 23.5 Å². The van der Waals surface area contributed by atoms with Crippen molar-refractivity contribution < 1.29 is 18.7 Å². The van der Waals surface area contributed by atoms with Crippen molar-refractivity contribution in [2.24, 2.45) is 0 Å². The van der Waals surface area contributed by atoms with Gasteiger partial charge in [0.1, 0.15) is 0 Å². The molecule has 3 rings (SSSR count). The summed E-state index contributed by atoms with van der Waals surface area (Å²) < 4.78 is 20.6. The van der Waals surface area contributed by atoms with Gasteiger partial charge in [0, 0.05) is 6.20 Å². The number of pyridine rings is 1. The lowest BCUT2D eigenvalue weighted by atomic mass is 10.1. The summed E-state index contributed by atoms with van der Waals surface area (Å²) in [5, 5.41) is 4.27. The summed E-state index contributed by atoms with van der Waals surface area (Å²) in [5.41, 5.74) is 5.60. The third-order valence-electron chi connectivity index (χ3n) is 4.27. The van der Waals surface area contributed by atoms with E-state index in [1.807, 2.05) is 19.9 Å². The number of aromatic nitrogens is 3. The Hall–Kier alpha value is -3.75. The first-order valence-electron chi connectivity index (χ1n) is 9.39. The minimum absolute atomic E-state index is 0.0331. The van der Waals surface area contributed by atoms with Gasteiger partial charge in [0.05, 0.1) is 17.5 Å². The minimum Gasteiger partial charge on any atom is -0.478 e. The van der Waals surface area contributed by atoms with E-state index >= 15 is 0 Å². The molecule has 0 saturated heterocycles. The number of rotatable bonds is 6. The largest absolute Gasteiger partial charge is 0.478 e. The van der Waals surface area contributed by atoms with Crippen LogP contribution in [0.4, 0.5) is 4.39 Å². The monoisotopic (exact) mass is 411 g/mol. The molecule has 30 heavy (non-hydrogen) atoms. The Balaban J connectivity index is 1.68. The SMILES string of the molecule is CC(Oc1ccccc1F)C(=O)NNC(=O)c1cnn(-c2ccccn2)c1C(C)C. The molecule has 2 amide bonds. The zero-order valence-electron chi connectivity index (χ0n) is 16.8. The highest BCUT2D eigenvalue weighted by Gasteiger charge is 2.23. The predicted molar refractivity (Wildman–Crippen MR) is 108 cm³/mol. The van der Waals surface area contributed by atoms with Crippen molar-refractivity contribution in [3.8, 4) is 11.6 Å². The average molecular weight is 411 g/mol. The highest BCUT2D eigenvalue weighted by atomic mass is 19.1. The second kappa shape index (κ2) is 9.17. The summed E-state index contributed by atoms with van der Waals surface area (Å²) in [6, 6.07) is 11.2. The fourth-order valence-corrected chi connectivity index (χ4v) is 2.82. The van der Waals surface area contributed by atoms with Crippen LogP contribution in [0.2, 0.25) is 0 Å². The average Bonchev–Trinajstić information content (AvgIpc) is 3.19. The van der Waals surface area contributed by atoms with Gasteiger partial charge in [-0.15, -0.1) is 0 Å². The molecule has 0 aliphatic heterocycles. The Kier molecular flexibility index (Phi) is 6.41. The van der Waals surface area contributed by atoms with Crippen LogP contribution in [0.5, 0.6) is 5.75 Å². The van der Waals surface area contributed by atoms with E-state index in [2.05, 4.69) is 20.9 Å².